The van der Waals surface area contributed by atoms with Crippen LogP contribution < -0.4 is 0 Å². The summed E-state index contributed by atoms with van der Waals surface area (Å²) in [6, 6.07) is 5.68. The van der Waals surface area contributed by atoms with Gasteiger partial charge in [-0.15, -0.1) is 0 Å². The molecule has 1 N–H and O–H groups in total. The third-order valence-electron chi connectivity index (χ3n) is 3.97. The molecule has 0 saturated carbocycles. The Morgan fingerprint density at radius 3 is 2.65 bits per heavy atom. The molecule has 1 saturated heterocycles. The van der Waals surface area contributed by atoms with E-state index >= 15 is 0 Å². The summed E-state index contributed by atoms with van der Waals surface area (Å²) in [5.41, 5.74) is 2.53. The normalized spacial score (nSPS) is 16.9. The number of aryl methyl sites for hydroxylation is 1. The van der Waals surface area contributed by atoms with Gasteiger partial charge in [0.15, 0.2) is 0 Å². The van der Waals surface area contributed by atoms with Crippen LogP contribution in [-0.2, 0) is 0 Å². The number of hydrogen-bond acceptors (Lipinski definition) is 2. The van der Waals surface area contributed by atoms with Crippen LogP contribution in [0.2, 0.25) is 5.02 Å². The van der Waals surface area contributed by atoms with E-state index in [0.717, 1.165) is 48.3 Å². The van der Waals surface area contributed by atoms with Gasteiger partial charge in [-0.2, -0.15) is 0 Å². The van der Waals surface area contributed by atoms with E-state index < -0.39 is 0 Å². The van der Waals surface area contributed by atoms with Gasteiger partial charge in [0.1, 0.15) is 0 Å². The van der Waals surface area contributed by atoms with Crippen molar-refractivity contribution >= 4 is 28.4 Å². The second kappa shape index (κ2) is 5.11. The van der Waals surface area contributed by atoms with E-state index in [-0.39, 0.29) is 5.91 Å². The molecule has 0 atom stereocenters. The van der Waals surface area contributed by atoms with Crippen LogP contribution in [0, 0.1) is 6.92 Å². The van der Waals surface area contributed by atoms with Crippen molar-refractivity contribution in [2.45, 2.75) is 6.92 Å². The molecular weight excluding hydrogens is 274 g/mol. The minimum atomic E-state index is 0.0787. The molecule has 20 heavy (non-hydrogen) atoms. The van der Waals surface area contributed by atoms with Crippen LogP contribution >= 0.6 is 11.6 Å². The number of halogens is 1. The quantitative estimate of drug-likeness (QED) is 0.877. The van der Waals surface area contributed by atoms with Gasteiger partial charge in [0.25, 0.3) is 5.91 Å². The number of hydrogen-bond donors (Lipinski definition) is 1. The molecule has 2 heterocycles. The lowest BCUT2D eigenvalue weighted by molar-refractivity contribution is 0.0665. The highest BCUT2D eigenvalue weighted by Crippen LogP contribution is 2.30. The van der Waals surface area contributed by atoms with Crippen molar-refractivity contribution in [3.63, 3.8) is 0 Å². The topological polar surface area (TPSA) is 39.3 Å². The molecule has 1 amide bonds. The zero-order chi connectivity index (χ0) is 14.3. The van der Waals surface area contributed by atoms with Crippen LogP contribution in [0.15, 0.2) is 18.2 Å². The van der Waals surface area contributed by atoms with Crippen molar-refractivity contribution in [3.8, 4) is 0 Å². The SMILES string of the molecule is Cc1[nH]c2cccc(Cl)c2c1C(=O)N1CCN(C)CC1. The predicted octanol–water partition coefficient (Wildman–Crippen LogP) is 2.52. The molecule has 0 unspecified atom stereocenters. The van der Waals surface area contributed by atoms with E-state index in [1.54, 1.807) is 0 Å². The maximum absolute atomic E-state index is 12.8. The third-order valence-corrected chi connectivity index (χ3v) is 4.28. The van der Waals surface area contributed by atoms with E-state index in [2.05, 4.69) is 16.9 Å². The molecule has 4 nitrogen and oxygen atoms in total. The van der Waals surface area contributed by atoms with E-state index in [4.69, 9.17) is 11.6 Å². The van der Waals surface area contributed by atoms with Gasteiger partial charge in [-0.05, 0) is 26.1 Å². The standard InChI is InChI=1S/C15H18ClN3O/c1-10-13(14-11(16)4-3-5-12(14)17-10)15(20)19-8-6-18(2)7-9-19/h3-5,17H,6-9H2,1-2H3. The van der Waals surface area contributed by atoms with Gasteiger partial charge < -0.3 is 14.8 Å². The molecule has 1 aromatic heterocycles. The maximum Gasteiger partial charge on any atom is 0.256 e. The number of carbonyl (C=O) groups is 1. The number of piperazine rings is 1. The van der Waals surface area contributed by atoms with Gasteiger partial charge in [-0.1, -0.05) is 17.7 Å². The van der Waals surface area contributed by atoms with Crippen LogP contribution in [-0.4, -0.2) is 53.9 Å². The fraction of sp³-hybridized carbons (Fsp3) is 0.400. The Hall–Kier alpha value is -1.52. The Kier molecular flexibility index (Phi) is 3.44. The van der Waals surface area contributed by atoms with E-state index in [1.165, 1.54) is 0 Å². The number of aromatic nitrogens is 1. The van der Waals surface area contributed by atoms with Crippen molar-refractivity contribution in [2.24, 2.45) is 0 Å². The largest absolute Gasteiger partial charge is 0.358 e. The van der Waals surface area contributed by atoms with Gasteiger partial charge >= 0.3 is 0 Å². The fourth-order valence-electron chi connectivity index (χ4n) is 2.77. The Bertz CT molecular complexity index is 656. The first-order chi connectivity index (χ1) is 9.58. The lowest BCUT2D eigenvalue weighted by atomic mass is 10.1. The van der Waals surface area contributed by atoms with Crippen LogP contribution in [0.5, 0.6) is 0 Å². The zero-order valence-electron chi connectivity index (χ0n) is 11.7. The zero-order valence-corrected chi connectivity index (χ0v) is 12.5. The van der Waals surface area contributed by atoms with Crippen LogP contribution in [0.3, 0.4) is 0 Å². The first-order valence-electron chi connectivity index (χ1n) is 6.82. The summed E-state index contributed by atoms with van der Waals surface area (Å²) < 4.78 is 0. The van der Waals surface area contributed by atoms with E-state index in [0.29, 0.717) is 5.02 Å². The molecule has 2 aromatic rings. The lowest BCUT2D eigenvalue weighted by Gasteiger charge is -2.32. The number of likely N-dealkylation sites (N-methyl/N-ethyl adjacent to an activating group) is 1. The average Bonchev–Trinajstić information content (AvgIpc) is 2.76. The summed E-state index contributed by atoms with van der Waals surface area (Å²) in [6.45, 7) is 5.30. The Balaban J connectivity index is 2.01. The second-order valence-corrected chi connectivity index (χ2v) is 5.79. The summed E-state index contributed by atoms with van der Waals surface area (Å²) in [5.74, 6) is 0.0787. The first kappa shape index (κ1) is 13.5. The maximum atomic E-state index is 12.8. The summed E-state index contributed by atoms with van der Waals surface area (Å²) in [5, 5.41) is 1.47. The van der Waals surface area contributed by atoms with Gasteiger partial charge in [0, 0.05) is 42.8 Å². The number of nitrogens with one attached hydrogen (secondary N) is 1. The highest BCUT2D eigenvalue weighted by molar-refractivity contribution is 6.37. The second-order valence-electron chi connectivity index (χ2n) is 5.38. The summed E-state index contributed by atoms with van der Waals surface area (Å²) >= 11 is 6.28. The van der Waals surface area contributed by atoms with E-state index in [9.17, 15) is 4.79 Å². The van der Waals surface area contributed by atoms with Crippen molar-refractivity contribution in [1.82, 2.24) is 14.8 Å². The number of amides is 1. The van der Waals surface area contributed by atoms with Gasteiger partial charge in [0.05, 0.1) is 10.6 Å². The summed E-state index contributed by atoms with van der Waals surface area (Å²) in [7, 11) is 2.08. The van der Waals surface area contributed by atoms with Crippen molar-refractivity contribution in [1.29, 1.82) is 0 Å². The number of H-pyrrole nitrogens is 1. The molecule has 1 aliphatic heterocycles. The average molecular weight is 292 g/mol. The number of rotatable bonds is 1. The smallest absolute Gasteiger partial charge is 0.256 e. The monoisotopic (exact) mass is 291 g/mol. The number of nitrogens with zero attached hydrogens (tertiary/aromatic N) is 2. The van der Waals surface area contributed by atoms with Crippen LogP contribution in [0.1, 0.15) is 16.1 Å². The molecule has 1 fully saturated rings. The minimum Gasteiger partial charge on any atom is -0.358 e. The van der Waals surface area contributed by atoms with Crippen LogP contribution in [0.25, 0.3) is 10.9 Å². The van der Waals surface area contributed by atoms with Crippen molar-refractivity contribution in [3.05, 3.63) is 34.5 Å². The molecule has 0 aliphatic carbocycles. The third kappa shape index (κ3) is 2.19. The molecular formula is C15H18ClN3O. The van der Waals surface area contributed by atoms with Crippen molar-refractivity contribution in [2.75, 3.05) is 33.2 Å². The van der Waals surface area contributed by atoms with Gasteiger partial charge in [0.2, 0.25) is 0 Å². The van der Waals surface area contributed by atoms with Crippen molar-refractivity contribution < 1.29 is 4.79 Å². The molecule has 0 radical (unpaired) electrons. The molecule has 106 valence electrons. The lowest BCUT2D eigenvalue weighted by Crippen LogP contribution is -2.47. The molecule has 1 aliphatic rings. The molecule has 1 aromatic carbocycles. The molecule has 5 heteroatoms. The van der Waals surface area contributed by atoms with Gasteiger partial charge in [-0.25, -0.2) is 0 Å². The summed E-state index contributed by atoms with van der Waals surface area (Å²) in [4.78, 5) is 20.2. The van der Waals surface area contributed by atoms with Crippen LogP contribution in [0.4, 0.5) is 0 Å². The number of carbonyl (C=O) groups excluding carboxylic acids is 1. The van der Waals surface area contributed by atoms with E-state index in [1.807, 2.05) is 30.0 Å². The Morgan fingerprint density at radius 1 is 1.25 bits per heavy atom. The highest BCUT2D eigenvalue weighted by Gasteiger charge is 2.25. The predicted molar refractivity (Wildman–Crippen MR) is 81.4 cm³/mol. The molecule has 0 bridgehead atoms. The molecule has 0 spiro atoms. The Labute approximate surface area is 123 Å². The highest BCUT2D eigenvalue weighted by atomic mass is 35.5. The summed E-state index contributed by atoms with van der Waals surface area (Å²) in [6.07, 6.45) is 0. The number of aromatic amines is 1. The minimum absolute atomic E-state index is 0.0787. The number of fused-ring (bicyclic) bond motifs is 1. The fourth-order valence-corrected chi connectivity index (χ4v) is 3.04. The first-order valence-corrected chi connectivity index (χ1v) is 7.20. The van der Waals surface area contributed by atoms with Gasteiger partial charge in [-0.3, -0.25) is 4.79 Å². The number of benzene rings is 1. The Morgan fingerprint density at radius 2 is 1.95 bits per heavy atom. The molecule has 3 rings (SSSR count).